The second-order valence-electron chi connectivity index (χ2n) is 7.34. The smallest absolute Gasteiger partial charge is 0.255 e. The van der Waals surface area contributed by atoms with Gasteiger partial charge >= 0.3 is 0 Å². The third-order valence-electron chi connectivity index (χ3n) is 5.12. The summed E-state index contributed by atoms with van der Waals surface area (Å²) in [6, 6.07) is 31.2. The van der Waals surface area contributed by atoms with E-state index in [1.54, 1.807) is 6.07 Å². The van der Waals surface area contributed by atoms with Gasteiger partial charge in [-0.1, -0.05) is 72.8 Å². The van der Waals surface area contributed by atoms with Crippen LogP contribution in [0.3, 0.4) is 0 Å². The highest BCUT2D eigenvalue weighted by atomic mass is 16.1. The second-order valence-corrected chi connectivity index (χ2v) is 7.34. The van der Waals surface area contributed by atoms with Crippen molar-refractivity contribution in [1.82, 2.24) is 15.5 Å². The topological polar surface area (TPSA) is 66.9 Å². The molecule has 4 aromatic rings. The van der Waals surface area contributed by atoms with Crippen LogP contribution in [0.4, 0.5) is 11.5 Å². The first-order valence-electron chi connectivity index (χ1n) is 10.1. The highest BCUT2D eigenvalue weighted by molar-refractivity contribution is 5.97. The molecule has 1 amide bonds. The lowest BCUT2D eigenvalue weighted by molar-refractivity contribution is 0.0967. The van der Waals surface area contributed by atoms with E-state index in [1.165, 1.54) is 5.56 Å². The van der Waals surface area contributed by atoms with Crippen molar-refractivity contribution in [3.8, 4) is 11.3 Å². The quantitative estimate of drug-likeness (QED) is 0.458. The van der Waals surface area contributed by atoms with Crippen LogP contribution in [0.5, 0.6) is 0 Å². The van der Waals surface area contributed by atoms with Gasteiger partial charge in [0.15, 0.2) is 5.82 Å². The summed E-state index contributed by atoms with van der Waals surface area (Å²) >= 11 is 0. The Labute approximate surface area is 180 Å². The number of rotatable bonds is 6. The Balaban J connectivity index is 1.23. The number of carbonyl (C=O) groups is 1. The van der Waals surface area contributed by atoms with E-state index in [9.17, 15) is 4.79 Å². The van der Waals surface area contributed by atoms with Crippen LogP contribution in [0.1, 0.15) is 21.8 Å². The van der Waals surface area contributed by atoms with Crippen LogP contribution in [-0.4, -0.2) is 16.1 Å². The Morgan fingerprint density at radius 2 is 1.55 bits per heavy atom. The fourth-order valence-electron chi connectivity index (χ4n) is 3.44. The van der Waals surface area contributed by atoms with E-state index < -0.39 is 0 Å². The number of nitrogens with one attached hydrogen (secondary N) is 2. The van der Waals surface area contributed by atoms with Crippen molar-refractivity contribution in [3.05, 3.63) is 120 Å². The summed E-state index contributed by atoms with van der Waals surface area (Å²) in [4.78, 5) is 12.7. The maximum Gasteiger partial charge on any atom is 0.255 e. The molecule has 31 heavy (non-hydrogen) atoms. The molecule has 1 aliphatic carbocycles. The molecule has 5 heteroatoms. The Morgan fingerprint density at radius 3 is 2.29 bits per heavy atom. The van der Waals surface area contributed by atoms with Crippen molar-refractivity contribution in [2.24, 2.45) is 0 Å². The van der Waals surface area contributed by atoms with Gasteiger partial charge < -0.3 is 10.6 Å². The number of carbonyl (C=O) groups excluding carboxylic acids is 1. The molecule has 2 N–H and O–H groups in total. The molecule has 5 rings (SSSR count). The average Bonchev–Trinajstić information content (AvgIpc) is 3.60. The van der Waals surface area contributed by atoms with Gasteiger partial charge in [-0.15, -0.1) is 10.2 Å². The molecule has 5 nitrogen and oxygen atoms in total. The van der Waals surface area contributed by atoms with E-state index in [0.717, 1.165) is 22.6 Å². The summed E-state index contributed by atoms with van der Waals surface area (Å²) in [5.41, 5.74) is 5.31. The molecule has 0 saturated heterocycles. The van der Waals surface area contributed by atoms with Gasteiger partial charge in [0.1, 0.15) is 0 Å². The molecule has 3 aromatic carbocycles. The number of allylic oxidation sites excluding steroid dienone is 2. The first-order chi connectivity index (χ1) is 15.3. The van der Waals surface area contributed by atoms with Crippen molar-refractivity contribution in [2.45, 2.75) is 5.92 Å². The number of amides is 1. The summed E-state index contributed by atoms with van der Waals surface area (Å²) in [7, 11) is 0. The highest BCUT2D eigenvalue weighted by Gasteiger charge is 2.28. The molecule has 1 atom stereocenters. The molecular formula is C26H20N4O. The number of anilines is 2. The van der Waals surface area contributed by atoms with E-state index in [1.807, 2.05) is 78.9 Å². The lowest BCUT2D eigenvalue weighted by atomic mass is 10.1. The van der Waals surface area contributed by atoms with Gasteiger partial charge in [0, 0.05) is 28.4 Å². The fourth-order valence-corrected chi connectivity index (χ4v) is 3.44. The highest BCUT2D eigenvalue weighted by Crippen LogP contribution is 2.37. The Hall–Kier alpha value is -4.25. The van der Waals surface area contributed by atoms with Gasteiger partial charge in [0.2, 0.25) is 0 Å². The predicted molar refractivity (Wildman–Crippen MR) is 122 cm³/mol. The lowest BCUT2D eigenvalue weighted by Crippen LogP contribution is -2.20. The van der Waals surface area contributed by atoms with Gasteiger partial charge in [-0.05, 0) is 35.9 Å². The van der Waals surface area contributed by atoms with Crippen LogP contribution < -0.4 is 10.6 Å². The van der Waals surface area contributed by atoms with Crippen LogP contribution >= 0.6 is 0 Å². The monoisotopic (exact) mass is 404 g/mol. The van der Waals surface area contributed by atoms with Crippen molar-refractivity contribution in [2.75, 3.05) is 5.32 Å². The van der Waals surface area contributed by atoms with Gasteiger partial charge in [-0.25, -0.2) is 0 Å². The molecule has 0 bridgehead atoms. The van der Waals surface area contributed by atoms with E-state index in [2.05, 4.69) is 39.0 Å². The number of nitrogens with zero attached hydrogens (tertiary/aromatic N) is 2. The predicted octanol–water partition coefficient (Wildman–Crippen LogP) is 5.30. The van der Waals surface area contributed by atoms with Crippen molar-refractivity contribution in [1.29, 1.82) is 0 Å². The van der Waals surface area contributed by atoms with Crippen LogP contribution in [-0.2, 0) is 0 Å². The van der Waals surface area contributed by atoms with Crippen molar-refractivity contribution < 1.29 is 4.79 Å². The van der Waals surface area contributed by atoms with Gasteiger partial charge in [0.05, 0.1) is 5.69 Å². The average molecular weight is 404 g/mol. The van der Waals surface area contributed by atoms with Crippen LogP contribution in [0.15, 0.2) is 109 Å². The van der Waals surface area contributed by atoms with Crippen LogP contribution in [0, 0.1) is 0 Å². The molecular weight excluding hydrogens is 384 g/mol. The zero-order chi connectivity index (χ0) is 21.0. The summed E-state index contributed by atoms with van der Waals surface area (Å²) in [5.74, 6) is 0.690. The zero-order valence-corrected chi connectivity index (χ0v) is 16.7. The minimum Gasteiger partial charge on any atom is -0.339 e. The Bertz CT molecular complexity index is 1240. The molecule has 0 spiro atoms. The Morgan fingerprint density at radius 1 is 0.774 bits per heavy atom. The third-order valence-corrected chi connectivity index (χ3v) is 5.12. The zero-order valence-electron chi connectivity index (χ0n) is 16.7. The second kappa shape index (κ2) is 8.24. The Kier molecular flexibility index (Phi) is 4.99. The maximum absolute atomic E-state index is 12.7. The van der Waals surface area contributed by atoms with E-state index in [-0.39, 0.29) is 11.8 Å². The molecule has 0 radical (unpaired) electrons. The van der Waals surface area contributed by atoms with Crippen LogP contribution in [0.2, 0.25) is 0 Å². The maximum atomic E-state index is 12.7. The minimum absolute atomic E-state index is 0.126. The lowest BCUT2D eigenvalue weighted by Gasteiger charge is -2.08. The minimum atomic E-state index is -0.126. The van der Waals surface area contributed by atoms with E-state index in [4.69, 9.17) is 0 Å². The summed E-state index contributed by atoms with van der Waals surface area (Å²) < 4.78 is 0. The van der Waals surface area contributed by atoms with Crippen LogP contribution in [0.25, 0.3) is 11.3 Å². The number of hydrogen-bond donors (Lipinski definition) is 2. The largest absolute Gasteiger partial charge is 0.339 e. The molecule has 0 fully saturated rings. The van der Waals surface area contributed by atoms with Gasteiger partial charge in [-0.3, -0.25) is 4.79 Å². The van der Waals surface area contributed by atoms with Gasteiger partial charge in [-0.2, -0.15) is 0 Å². The number of aromatic nitrogens is 2. The SMILES string of the molecule is O=C(NC1=CC1c1ccccc1)c1cccc(Nc2ccc(-c3ccccc3)nn2)c1. The fraction of sp³-hybridized carbons (Fsp3) is 0.0385. The first kappa shape index (κ1) is 18.8. The van der Waals surface area contributed by atoms with Gasteiger partial charge in [0.25, 0.3) is 5.91 Å². The standard InChI is InChI=1S/C26H20N4O/c31-26(28-24-17-22(24)18-8-3-1-4-9-18)20-12-7-13-21(16-20)27-25-15-14-23(29-30-25)19-10-5-2-6-11-19/h1-17,22H,(H,27,30)(H,28,31). The molecule has 1 aliphatic rings. The van der Waals surface area contributed by atoms with E-state index in [0.29, 0.717) is 11.4 Å². The molecule has 1 heterocycles. The van der Waals surface area contributed by atoms with Crippen molar-refractivity contribution in [3.63, 3.8) is 0 Å². The summed E-state index contributed by atoms with van der Waals surface area (Å²) in [6.07, 6.45) is 2.05. The molecule has 1 unspecified atom stereocenters. The number of benzene rings is 3. The number of hydrogen-bond acceptors (Lipinski definition) is 4. The van der Waals surface area contributed by atoms with E-state index >= 15 is 0 Å². The summed E-state index contributed by atoms with van der Waals surface area (Å²) in [5, 5.41) is 14.8. The normalized spacial score (nSPS) is 14.5. The van der Waals surface area contributed by atoms with Crippen molar-refractivity contribution >= 4 is 17.4 Å². The third kappa shape index (κ3) is 4.36. The molecule has 150 valence electrons. The first-order valence-corrected chi connectivity index (χ1v) is 10.1. The molecule has 1 aromatic heterocycles. The molecule has 0 saturated carbocycles. The summed E-state index contributed by atoms with van der Waals surface area (Å²) in [6.45, 7) is 0. The molecule has 0 aliphatic heterocycles.